The van der Waals surface area contributed by atoms with Gasteiger partial charge in [-0.25, -0.2) is 9.78 Å². The van der Waals surface area contributed by atoms with Crippen LogP contribution in [0.3, 0.4) is 0 Å². The van der Waals surface area contributed by atoms with Crippen LogP contribution in [-0.4, -0.2) is 42.2 Å². The first kappa shape index (κ1) is 18.3. The smallest absolute Gasteiger partial charge is 0.317 e. The lowest BCUT2D eigenvalue weighted by Crippen LogP contribution is -2.45. The van der Waals surface area contributed by atoms with E-state index in [9.17, 15) is 4.79 Å². The summed E-state index contributed by atoms with van der Waals surface area (Å²) in [6.45, 7) is 4.37. The molecule has 1 aliphatic rings. The summed E-state index contributed by atoms with van der Waals surface area (Å²) in [5.41, 5.74) is 2.88. The maximum atomic E-state index is 12.4. The first-order chi connectivity index (χ1) is 13.7. The number of carbonyl (C=O) groups excluding carboxylic acids is 1. The second-order valence-corrected chi connectivity index (χ2v) is 7.18. The van der Waals surface area contributed by atoms with Crippen LogP contribution in [0.25, 0.3) is 11.1 Å². The van der Waals surface area contributed by atoms with E-state index in [2.05, 4.69) is 10.3 Å². The minimum absolute atomic E-state index is 0.0381. The van der Waals surface area contributed by atoms with Crippen LogP contribution in [0.15, 0.2) is 52.9 Å². The van der Waals surface area contributed by atoms with E-state index in [1.165, 1.54) is 0 Å². The number of oxazole rings is 1. The second kappa shape index (κ2) is 8.33. The van der Waals surface area contributed by atoms with Crippen LogP contribution >= 0.6 is 0 Å². The van der Waals surface area contributed by atoms with Crippen molar-refractivity contribution in [3.05, 3.63) is 60.0 Å². The Balaban J connectivity index is 1.21. The Morgan fingerprint density at radius 3 is 2.82 bits per heavy atom. The number of nitrogens with zero attached hydrogens (tertiary/aromatic N) is 2. The lowest BCUT2D eigenvalue weighted by Gasteiger charge is -2.30. The maximum absolute atomic E-state index is 12.4. The highest BCUT2D eigenvalue weighted by Gasteiger charge is 2.26. The van der Waals surface area contributed by atoms with Crippen LogP contribution < -0.4 is 10.1 Å². The molecule has 6 nitrogen and oxygen atoms in total. The van der Waals surface area contributed by atoms with Gasteiger partial charge in [-0.3, -0.25) is 0 Å². The Hall–Kier alpha value is -3.02. The number of aryl methyl sites for hydroxylation is 1. The standard InChI is InChI=1S/C22H25N3O3/c1-16-5-4-6-18(15-16)27-14-11-23-22(26)25-12-9-17(10-13-25)21-24-19-7-2-3-8-20(19)28-21/h2-8,15,17H,9-14H2,1H3,(H,23,26). The van der Waals surface area contributed by atoms with Gasteiger partial charge in [-0.2, -0.15) is 0 Å². The van der Waals surface area contributed by atoms with Crippen LogP contribution in [0.5, 0.6) is 5.75 Å². The van der Waals surface area contributed by atoms with Gasteiger partial charge >= 0.3 is 6.03 Å². The summed E-state index contributed by atoms with van der Waals surface area (Å²) in [5, 5.41) is 2.94. The van der Waals surface area contributed by atoms with Gasteiger partial charge in [-0.1, -0.05) is 24.3 Å². The molecule has 1 N–H and O–H groups in total. The zero-order valence-corrected chi connectivity index (χ0v) is 16.1. The second-order valence-electron chi connectivity index (χ2n) is 7.18. The van der Waals surface area contributed by atoms with Gasteiger partial charge in [0.15, 0.2) is 11.5 Å². The van der Waals surface area contributed by atoms with Crippen LogP contribution in [0, 0.1) is 6.92 Å². The molecule has 0 aliphatic carbocycles. The molecule has 3 aromatic rings. The van der Waals surface area contributed by atoms with E-state index >= 15 is 0 Å². The van der Waals surface area contributed by atoms with Gasteiger partial charge in [-0.05, 0) is 49.6 Å². The van der Waals surface area contributed by atoms with Gasteiger partial charge in [-0.15, -0.1) is 0 Å². The molecule has 1 fully saturated rings. The Morgan fingerprint density at radius 1 is 1.21 bits per heavy atom. The number of urea groups is 1. The molecule has 0 spiro atoms. The monoisotopic (exact) mass is 379 g/mol. The van der Waals surface area contributed by atoms with Crippen molar-refractivity contribution in [2.45, 2.75) is 25.7 Å². The summed E-state index contributed by atoms with van der Waals surface area (Å²) in [7, 11) is 0. The Bertz CT molecular complexity index is 912. The molecular weight excluding hydrogens is 354 g/mol. The topological polar surface area (TPSA) is 67.6 Å². The van der Waals surface area contributed by atoms with Crippen molar-refractivity contribution in [1.29, 1.82) is 0 Å². The third-order valence-electron chi connectivity index (χ3n) is 5.08. The van der Waals surface area contributed by atoms with Crippen molar-refractivity contribution in [1.82, 2.24) is 15.2 Å². The molecule has 1 saturated heterocycles. The molecule has 28 heavy (non-hydrogen) atoms. The van der Waals surface area contributed by atoms with Gasteiger partial charge in [0.05, 0.1) is 6.54 Å². The normalized spacial score (nSPS) is 15.0. The average Bonchev–Trinajstić information content (AvgIpc) is 3.15. The molecule has 6 heteroatoms. The van der Waals surface area contributed by atoms with E-state index in [4.69, 9.17) is 9.15 Å². The number of hydrogen-bond acceptors (Lipinski definition) is 4. The van der Waals surface area contributed by atoms with Crippen LogP contribution in [0.4, 0.5) is 4.79 Å². The van der Waals surface area contributed by atoms with Gasteiger partial charge in [0.25, 0.3) is 0 Å². The quantitative estimate of drug-likeness (QED) is 0.678. The molecular formula is C22H25N3O3. The molecule has 146 valence electrons. The van der Waals surface area contributed by atoms with E-state index in [-0.39, 0.29) is 11.9 Å². The first-order valence-corrected chi connectivity index (χ1v) is 9.77. The van der Waals surface area contributed by atoms with Gasteiger partial charge in [0.1, 0.15) is 17.9 Å². The van der Waals surface area contributed by atoms with Crippen molar-refractivity contribution < 1.29 is 13.9 Å². The van der Waals surface area contributed by atoms with Crippen molar-refractivity contribution in [3.8, 4) is 5.75 Å². The molecule has 0 bridgehead atoms. The van der Waals surface area contributed by atoms with Crippen molar-refractivity contribution in [2.75, 3.05) is 26.2 Å². The van der Waals surface area contributed by atoms with E-state index < -0.39 is 0 Å². The summed E-state index contributed by atoms with van der Waals surface area (Å²) in [6, 6.07) is 15.7. The fourth-order valence-electron chi connectivity index (χ4n) is 3.54. The number of likely N-dealkylation sites (tertiary alicyclic amines) is 1. The maximum Gasteiger partial charge on any atom is 0.317 e. The van der Waals surface area contributed by atoms with Gasteiger partial charge < -0.3 is 19.4 Å². The number of aromatic nitrogens is 1. The average molecular weight is 379 g/mol. The third kappa shape index (κ3) is 4.27. The third-order valence-corrected chi connectivity index (χ3v) is 5.08. The molecule has 2 aromatic carbocycles. The lowest BCUT2D eigenvalue weighted by molar-refractivity contribution is 0.175. The number of rotatable bonds is 5. The molecule has 0 radical (unpaired) electrons. The number of hydrogen-bond donors (Lipinski definition) is 1. The number of piperidine rings is 1. The van der Waals surface area contributed by atoms with Crippen LogP contribution in [0.2, 0.25) is 0 Å². The molecule has 4 rings (SSSR count). The molecule has 0 saturated carbocycles. The minimum Gasteiger partial charge on any atom is -0.492 e. The highest BCUT2D eigenvalue weighted by molar-refractivity contribution is 5.74. The van der Waals surface area contributed by atoms with Crippen LogP contribution in [-0.2, 0) is 0 Å². The Kier molecular flexibility index (Phi) is 5.46. The van der Waals surface area contributed by atoms with Gasteiger partial charge in [0, 0.05) is 19.0 Å². The van der Waals surface area contributed by atoms with Crippen molar-refractivity contribution in [2.24, 2.45) is 0 Å². The molecule has 2 amide bonds. The van der Waals surface area contributed by atoms with E-state index in [1.807, 2.05) is 60.4 Å². The minimum atomic E-state index is -0.0381. The predicted molar refractivity (Wildman–Crippen MR) is 108 cm³/mol. The molecule has 0 unspecified atom stereocenters. The summed E-state index contributed by atoms with van der Waals surface area (Å²) in [5.74, 6) is 1.88. The molecule has 2 heterocycles. The van der Waals surface area contributed by atoms with E-state index in [0.29, 0.717) is 26.2 Å². The molecule has 1 aliphatic heterocycles. The lowest BCUT2D eigenvalue weighted by atomic mass is 9.97. The summed E-state index contributed by atoms with van der Waals surface area (Å²) >= 11 is 0. The molecule has 1 aromatic heterocycles. The zero-order valence-electron chi connectivity index (χ0n) is 16.1. The number of ether oxygens (including phenoxy) is 1. The highest BCUT2D eigenvalue weighted by Crippen LogP contribution is 2.29. The first-order valence-electron chi connectivity index (χ1n) is 9.77. The predicted octanol–water partition coefficient (Wildman–Crippen LogP) is 4.10. The largest absolute Gasteiger partial charge is 0.492 e. The molecule has 0 atom stereocenters. The SMILES string of the molecule is Cc1cccc(OCCNC(=O)N2CCC(c3nc4ccccc4o3)CC2)c1. The number of benzene rings is 2. The summed E-state index contributed by atoms with van der Waals surface area (Å²) < 4.78 is 11.6. The Morgan fingerprint density at radius 2 is 2.04 bits per heavy atom. The number of nitrogens with one attached hydrogen (secondary N) is 1. The summed E-state index contributed by atoms with van der Waals surface area (Å²) in [4.78, 5) is 18.8. The van der Waals surface area contributed by atoms with Gasteiger partial charge in [0.2, 0.25) is 0 Å². The number of amides is 2. The number of para-hydroxylation sites is 2. The summed E-state index contributed by atoms with van der Waals surface area (Å²) in [6.07, 6.45) is 1.72. The fourth-order valence-corrected chi connectivity index (χ4v) is 3.54. The number of fused-ring (bicyclic) bond motifs is 1. The number of carbonyl (C=O) groups is 1. The van der Waals surface area contributed by atoms with Crippen LogP contribution in [0.1, 0.15) is 30.2 Å². The zero-order chi connectivity index (χ0) is 19.3. The Labute approximate surface area is 164 Å². The fraction of sp³-hybridized carbons (Fsp3) is 0.364. The highest BCUT2D eigenvalue weighted by atomic mass is 16.5. The van der Waals surface area contributed by atoms with Crippen molar-refractivity contribution >= 4 is 17.1 Å². The van der Waals surface area contributed by atoms with Crippen molar-refractivity contribution in [3.63, 3.8) is 0 Å². The van der Waals surface area contributed by atoms with E-state index in [0.717, 1.165) is 41.1 Å². The van der Waals surface area contributed by atoms with E-state index in [1.54, 1.807) is 0 Å².